The first-order valence-corrected chi connectivity index (χ1v) is 6.29. The minimum absolute atomic E-state index is 0.0254. The second-order valence-corrected chi connectivity index (χ2v) is 4.40. The number of ether oxygens (including phenoxy) is 1. The summed E-state index contributed by atoms with van der Waals surface area (Å²) >= 11 is 0. The fourth-order valence-corrected chi connectivity index (χ4v) is 2.20. The van der Waals surface area contributed by atoms with Crippen LogP contribution < -0.4 is 11.2 Å². The van der Waals surface area contributed by atoms with E-state index in [1.54, 1.807) is 6.92 Å². The highest BCUT2D eigenvalue weighted by Crippen LogP contribution is 2.26. The van der Waals surface area contributed by atoms with Gasteiger partial charge < -0.3 is 4.74 Å². The first-order valence-electron chi connectivity index (χ1n) is 6.29. The number of H-pyrrole nitrogens is 1. The number of hydrogen-bond acceptors (Lipinski definition) is 4. The predicted molar refractivity (Wildman–Crippen MR) is 68.9 cm³/mol. The van der Waals surface area contributed by atoms with Gasteiger partial charge in [-0.2, -0.15) is 0 Å². The number of allylic oxidation sites excluding steroid dienone is 1. The Morgan fingerprint density at radius 3 is 2.89 bits per heavy atom. The van der Waals surface area contributed by atoms with E-state index in [0.29, 0.717) is 31.4 Å². The van der Waals surface area contributed by atoms with Gasteiger partial charge in [0.15, 0.2) is 0 Å². The maximum atomic E-state index is 11.7. The molecular weight excluding hydrogens is 248 g/mol. The largest absolute Gasteiger partial charge is 0.463 e. The topological polar surface area (TPSA) is 81.2 Å². The van der Waals surface area contributed by atoms with E-state index in [0.717, 1.165) is 0 Å². The number of carbonyl (C=O) groups excluding carboxylic acids is 1. The third-order valence-corrected chi connectivity index (χ3v) is 3.17. The second kappa shape index (κ2) is 5.69. The first kappa shape index (κ1) is 13.3. The Balaban J connectivity index is 2.13. The van der Waals surface area contributed by atoms with Gasteiger partial charge >= 0.3 is 11.7 Å². The Kier molecular flexibility index (Phi) is 3.99. The average Bonchev–Trinajstić information content (AvgIpc) is 2.39. The molecule has 0 saturated heterocycles. The predicted octanol–water partition coefficient (Wildman–Crippen LogP) is 0.751. The molecule has 0 amide bonds. The quantitative estimate of drug-likeness (QED) is 0.817. The lowest BCUT2D eigenvalue weighted by Crippen LogP contribution is -2.32. The van der Waals surface area contributed by atoms with Crippen molar-refractivity contribution in [2.24, 2.45) is 0 Å². The van der Waals surface area contributed by atoms with E-state index >= 15 is 0 Å². The van der Waals surface area contributed by atoms with Gasteiger partial charge in [0.1, 0.15) is 0 Å². The summed E-state index contributed by atoms with van der Waals surface area (Å²) in [4.78, 5) is 36.4. The molecule has 0 fully saturated rings. The van der Waals surface area contributed by atoms with Crippen LogP contribution in [-0.4, -0.2) is 22.1 Å². The first-order chi connectivity index (χ1) is 9.11. The van der Waals surface area contributed by atoms with Crippen molar-refractivity contribution in [1.82, 2.24) is 9.55 Å². The van der Waals surface area contributed by atoms with Crippen molar-refractivity contribution in [3.05, 3.63) is 44.8 Å². The Hall–Kier alpha value is -2.11. The molecule has 0 radical (unpaired) electrons. The number of nitrogens with zero attached hydrogens (tertiary/aromatic N) is 1. The van der Waals surface area contributed by atoms with Crippen LogP contribution in [0.5, 0.6) is 0 Å². The minimum atomic E-state index is -0.412. The summed E-state index contributed by atoms with van der Waals surface area (Å²) in [5.74, 6) is -0.283. The highest BCUT2D eigenvalue weighted by Gasteiger charge is 2.21. The van der Waals surface area contributed by atoms with Crippen molar-refractivity contribution >= 4 is 5.97 Å². The van der Waals surface area contributed by atoms with E-state index in [-0.39, 0.29) is 12.0 Å². The molecule has 1 heterocycles. The average molecular weight is 264 g/mol. The van der Waals surface area contributed by atoms with Crippen LogP contribution >= 0.6 is 0 Å². The van der Waals surface area contributed by atoms with Crippen LogP contribution in [0, 0.1) is 0 Å². The number of rotatable bonds is 3. The molecule has 1 atom stereocenters. The summed E-state index contributed by atoms with van der Waals surface area (Å²) in [6.07, 6.45) is 5.14. The molecule has 0 unspecified atom stereocenters. The van der Waals surface area contributed by atoms with Gasteiger partial charge in [0.2, 0.25) is 0 Å². The van der Waals surface area contributed by atoms with Crippen LogP contribution in [0.15, 0.2) is 33.5 Å². The Morgan fingerprint density at radius 1 is 1.53 bits per heavy atom. The fourth-order valence-electron chi connectivity index (χ4n) is 2.20. The molecule has 6 nitrogen and oxygen atoms in total. The van der Waals surface area contributed by atoms with Crippen molar-refractivity contribution in [2.45, 2.75) is 32.2 Å². The smallest absolute Gasteiger partial charge is 0.333 e. The summed E-state index contributed by atoms with van der Waals surface area (Å²) < 4.78 is 6.44. The van der Waals surface area contributed by atoms with Gasteiger partial charge in [0.05, 0.1) is 6.61 Å². The Morgan fingerprint density at radius 2 is 2.32 bits per heavy atom. The molecule has 1 aliphatic rings. The van der Waals surface area contributed by atoms with Crippen LogP contribution in [0.25, 0.3) is 0 Å². The van der Waals surface area contributed by atoms with Crippen LogP contribution in [0.3, 0.4) is 0 Å². The molecule has 6 heteroatoms. The molecule has 2 rings (SSSR count). The second-order valence-electron chi connectivity index (χ2n) is 4.40. The van der Waals surface area contributed by atoms with E-state index in [4.69, 9.17) is 4.74 Å². The molecule has 0 spiro atoms. The number of nitrogens with one attached hydrogen (secondary N) is 1. The molecule has 1 aliphatic carbocycles. The third-order valence-electron chi connectivity index (χ3n) is 3.17. The lowest BCUT2D eigenvalue weighted by Gasteiger charge is -2.22. The SMILES string of the molecule is CCOC(=O)C1=CC[C@@H](n2ccc(=O)[nH]c2=O)CC1. The van der Waals surface area contributed by atoms with Gasteiger partial charge in [-0.15, -0.1) is 0 Å². The zero-order chi connectivity index (χ0) is 13.8. The number of carbonyl (C=O) groups is 1. The highest BCUT2D eigenvalue weighted by molar-refractivity contribution is 5.88. The summed E-state index contributed by atoms with van der Waals surface area (Å²) in [6, 6.07) is 1.30. The van der Waals surface area contributed by atoms with Crippen molar-refractivity contribution in [3.8, 4) is 0 Å². The van der Waals surface area contributed by atoms with Gasteiger partial charge in [-0.3, -0.25) is 14.3 Å². The zero-order valence-corrected chi connectivity index (χ0v) is 10.7. The van der Waals surface area contributed by atoms with Crippen molar-refractivity contribution in [3.63, 3.8) is 0 Å². The molecule has 0 saturated carbocycles. The molecule has 1 N–H and O–H groups in total. The van der Waals surface area contributed by atoms with Gasteiger partial charge in [-0.25, -0.2) is 9.59 Å². The molecular formula is C13H16N2O4. The summed E-state index contributed by atoms with van der Waals surface area (Å²) in [7, 11) is 0. The van der Waals surface area contributed by atoms with Crippen LogP contribution in [0.1, 0.15) is 32.2 Å². The molecule has 1 aromatic rings. The van der Waals surface area contributed by atoms with Gasteiger partial charge in [0.25, 0.3) is 5.56 Å². The lowest BCUT2D eigenvalue weighted by molar-refractivity contribution is -0.138. The Labute approximate surface area is 109 Å². The van der Waals surface area contributed by atoms with Crippen LogP contribution in [0.2, 0.25) is 0 Å². The maximum Gasteiger partial charge on any atom is 0.333 e. The highest BCUT2D eigenvalue weighted by atomic mass is 16.5. The maximum absolute atomic E-state index is 11.7. The van der Waals surface area contributed by atoms with Crippen molar-refractivity contribution in [2.75, 3.05) is 6.61 Å². The molecule has 0 bridgehead atoms. The van der Waals surface area contributed by atoms with Crippen LogP contribution in [-0.2, 0) is 9.53 Å². The summed E-state index contributed by atoms with van der Waals surface area (Å²) in [5.41, 5.74) is -0.152. The molecule has 1 aromatic heterocycles. The molecule has 0 aromatic carbocycles. The minimum Gasteiger partial charge on any atom is -0.463 e. The number of esters is 1. The summed E-state index contributed by atoms with van der Waals surface area (Å²) in [5, 5.41) is 0. The normalized spacial score (nSPS) is 18.8. The standard InChI is InChI=1S/C13H16N2O4/c1-2-19-12(17)9-3-5-10(6-4-9)15-8-7-11(16)14-13(15)18/h3,7-8,10H,2,4-6H2,1H3,(H,14,16,18)/t10-/m1/s1. The summed E-state index contributed by atoms with van der Waals surface area (Å²) in [6.45, 7) is 2.13. The van der Waals surface area contributed by atoms with E-state index in [9.17, 15) is 14.4 Å². The lowest BCUT2D eigenvalue weighted by atomic mass is 9.95. The van der Waals surface area contributed by atoms with E-state index in [2.05, 4.69) is 4.98 Å². The molecule has 0 aliphatic heterocycles. The van der Waals surface area contributed by atoms with E-state index < -0.39 is 11.2 Å². The fraction of sp³-hybridized carbons (Fsp3) is 0.462. The number of hydrogen-bond donors (Lipinski definition) is 1. The zero-order valence-electron chi connectivity index (χ0n) is 10.7. The number of aromatic nitrogens is 2. The Bertz CT molecular complexity index is 612. The van der Waals surface area contributed by atoms with E-state index in [1.807, 2.05) is 6.08 Å². The van der Waals surface area contributed by atoms with E-state index in [1.165, 1.54) is 16.8 Å². The monoisotopic (exact) mass is 264 g/mol. The molecule has 102 valence electrons. The third kappa shape index (κ3) is 3.01. The number of aromatic amines is 1. The van der Waals surface area contributed by atoms with Gasteiger partial charge in [-0.05, 0) is 26.2 Å². The van der Waals surface area contributed by atoms with Gasteiger partial charge in [-0.1, -0.05) is 6.08 Å². The van der Waals surface area contributed by atoms with Gasteiger partial charge in [0, 0.05) is 23.9 Å². The molecule has 19 heavy (non-hydrogen) atoms. The van der Waals surface area contributed by atoms with Crippen molar-refractivity contribution < 1.29 is 9.53 Å². The van der Waals surface area contributed by atoms with Crippen LogP contribution in [0.4, 0.5) is 0 Å². The van der Waals surface area contributed by atoms with Crippen molar-refractivity contribution in [1.29, 1.82) is 0 Å².